The van der Waals surface area contributed by atoms with Gasteiger partial charge in [0.15, 0.2) is 5.16 Å². The maximum atomic E-state index is 12.3. The van der Waals surface area contributed by atoms with Gasteiger partial charge >= 0.3 is 0 Å². The first-order valence-corrected chi connectivity index (χ1v) is 9.67. The number of thioether (sulfide) groups is 1. The van der Waals surface area contributed by atoms with Crippen molar-refractivity contribution in [2.24, 2.45) is 0 Å². The summed E-state index contributed by atoms with van der Waals surface area (Å²) in [6.07, 6.45) is 3.22. The number of carbonyl (C=O) groups is 2. The van der Waals surface area contributed by atoms with Gasteiger partial charge in [0.05, 0.1) is 17.6 Å². The van der Waals surface area contributed by atoms with Gasteiger partial charge in [0.2, 0.25) is 11.8 Å². The smallest absolute Gasteiger partial charge is 0.235 e. The Morgan fingerprint density at radius 3 is 2.79 bits per heavy atom. The monoisotopic (exact) mass is 399 g/mol. The number of benzene rings is 1. The first-order chi connectivity index (χ1) is 13.4. The molecule has 28 heavy (non-hydrogen) atoms. The van der Waals surface area contributed by atoms with Crippen molar-refractivity contribution in [3.63, 3.8) is 0 Å². The number of anilines is 2. The van der Waals surface area contributed by atoms with Crippen LogP contribution in [0.3, 0.4) is 0 Å². The van der Waals surface area contributed by atoms with E-state index >= 15 is 0 Å². The SMILES string of the molecule is CC(=O)Nc1cccc(-n2cnnc2SCC(=O)Nc2ccnn2C(C)C)c1. The lowest BCUT2D eigenvalue weighted by Gasteiger charge is -2.12. The van der Waals surface area contributed by atoms with E-state index < -0.39 is 0 Å². The molecule has 0 aliphatic heterocycles. The summed E-state index contributed by atoms with van der Waals surface area (Å²) in [4.78, 5) is 23.6. The number of nitrogens with zero attached hydrogens (tertiary/aromatic N) is 5. The second kappa shape index (κ2) is 8.70. The third kappa shape index (κ3) is 4.77. The van der Waals surface area contributed by atoms with Crippen LogP contribution < -0.4 is 10.6 Å². The standard InChI is InChI=1S/C18H21N7O2S/c1-12(2)25-16(7-8-20-25)22-17(27)10-28-18-23-19-11-24(18)15-6-4-5-14(9-15)21-13(3)26/h4-9,11-12H,10H2,1-3H3,(H,21,26)(H,22,27). The van der Waals surface area contributed by atoms with Gasteiger partial charge in [0.25, 0.3) is 0 Å². The van der Waals surface area contributed by atoms with Crippen LogP contribution in [0, 0.1) is 0 Å². The molecule has 0 aliphatic carbocycles. The second-order valence-corrected chi connectivity index (χ2v) is 7.25. The highest BCUT2D eigenvalue weighted by Gasteiger charge is 2.13. The molecule has 2 heterocycles. The van der Waals surface area contributed by atoms with Crippen LogP contribution in [0.5, 0.6) is 0 Å². The lowest BCUT2D eigenvalue weighted by molar-refractivity contribution is -0.114. The van der Waals surface area contributed by atoms with Crippen molar-refractivity contribution >= 4 is 35.1 Å². The Hall–Kier alpha value is -3.14. The van der Waals surface area contributed by atoms with E-state index in [2.05, 4.69) is 25.9 Å². The third-order valence-electron chi connectivity index (χ3n) is 3.72. The molecule has 0 atom stereocenters. The quantitative estimate of drug-likeness (QED) is 0.592. The Morgan fingerprint density at radius 1 is 1.21 bits per heavy atom. The van der Waals surface area contributed by atoms with Crippen LogP contribution in [0.25, 0.3) is 5.69 Å². The summed E-state index contributed by atoms with van der Waals surface area (Å²) in [5.74, 6) is 0.528. The van der Waals surface area contributed by atoms with E-state index in [1.807, 2.05) is 32.0 Å². The zero-order chi connectivity index (χ0) is 20.1. The Bertz CT molecular complexity index is 980. The van der Waals surface area contributed by atoms with Crippen LogP contribution in [0.1, 0.15) is 26.8 Å². The fourth-order valence-electron chi connectivity index (χ4n) is 2.57. The summed E-state index contributed by atoms with van der Waals surface area (Å²) in [6.45, 7) is 5.44. The summed E-state index contributed by atoms with van der Waals surface area (Å²) in [5, 5.41) is 18.4. The van der Waals surface area contributed by atoms with Crippen LogP contribution in [0.4, 0.5) is 11.5 Å². The average Bonchev–Trinajstić information content (AvgIpc) is 3.28. The molecule has 0 saturated heterocycles. The lowest BCUT2D eigenvalue weighted by Crippen LogP contribution is -2.18. The fourth-order valence-corrected chi connectivity index (χ4v) is 3.30. The normalized spacial score (nSPS) is 10.9. The number of amides is 2. The van der Waals surface area contributed by atoms with Crippen molar-refractivity contribution in [1.29, 1.82) is 0 Å². The third-order valence-corrected chi connectivity index (χ3v) is 4.66. The van der Waals surface area contributed by atoms with Gasteiger partial charge < -0.3 is 10.6 Å². The minimum absolute atomic E-state index is 0.146. The molecule has 0 spiro atoms. The molecule has 146 valence electrons. The Kier molecular flexibility index (Phi) is 6.09. The molecule has 2 amide bonds. The number of nitrogens with one attached hydrogen (secondary N) is 2. The molecule has 0 radical (unpaired) electrons. The van der Waals surface area contributed by atoms with Crippen LogP contribution in [-0.4, -0.2) is 42.1 Å². The minimum atomic E-state index is -0.158. The van der Waals surface area contributed by atoms with E-state index in [0.29, 0.717) is 16.7 Å². The van der Waals surface area contributed by atoms with Crippen molar-refractivity contribution in [2.75, 3.05) is 16.4 Å². The van der Waals surface area contributed by atoms with Crippen LogP contribution >= 0.6 is 11.8 Å². The second-order valence-electron chi connectivity index (χ2n) is 6.31. The molecule has 2 N–H and O–H groups in total. The molecule has 9 nitrogen and oxygen atoms in total. The number of rotatable bonds is 7. The van der Waals surface area contributed by atoms with E-state index in [-0.39, 0.29) is 23.6 Å². The average molecular weight is 399 g/mol. The van der Waals surface area contributed by atoms with Gasteiger partial charge in [-0.05, 0) is 32.0 Å². The summed E-state index contributed by atoms with van der Waals surface area (Å²) in [5.41, 5.74) is 1.46. The molecule has 0 bridgehead atoms. The molecule has 3 aromatic rings. The molecule has 2 aromatic heterocycles. The predicted octanol–water partition coefficient (Wildman–Crippen LogP) is 2.73. The molecule has 0 saturated carbocycles. The Morgan fingerprint density at radius 2 is 2.04 bits per heavy atom. The molecule has 3 rings (SSSR count). The van der Waals surface area contributed by atoms with E-state index in [9.17, 15) is 9.59 Å². The largest absolute Gasteiger partial charge is 0.326 e. The summed E-state index contributed by atoms with van der Waals surface area (Å²) in [7, 11) is 0. The minimum Gasteiger partial charge on any atom is -0.326 e. The van der Waals surface area contributed by atoms with Gasteiger partial charge in [0.1, 0.15) is 12.1 Å². The van der Waals surface area contributed by atoms with Gasteiger partial charge in [-0.3, -0.25) is 14.2 Å². The summed E-state index contributed by atoms with van der Waals surface area (Å²) < 4.78 is 3.51. The molecule has 1 aromatic carbocycles. The fraction of sp³-hybridized carbons (Fsp3) is 0.278. The van der Waals surface area contributed by atoms with Crippen LogP contribution in [0.15, 0.2) is 48.0 Å². The Balaban J connectivity index is 1.67. The van der Waals surface area contributed by atoms with E-state index in [0.717, 1.165) is 5.69 Å². The molecule has 10 heteroatoms. The molecule has 0 aliphatic rings. The van der Waals surface area contributed by atoms with Gasteiger partial charge in [-0.25, -0.2) is 4.68 Å². The molecular formula is C18H21N7O2S. The highest BCUT2D eigenvalue weighted by molar-refractivity contribution is 7.99. The lowest BCUT2D eigenvalue weighted by atomic mass is 10.2. The highest BCUT2D eigenvalue weighted by atomic mass is 32.2. The first-order valence-electron chi connectivity index (χ1n) is 8.68. The number of hydrogen-bond donors (Lipinski definition) is 2. The van der Waals surface area contributed by atoms with Gasteiger partial charge in [-0.1, -0.05) is 17.8 Å². The Labute approximate surface area is 166 Å². The zero-order valence-corrected chi connectivity index (χ0v) is 16.6. The number of aromatic nitrogens is 5. The topological polar surface area (TPSA) is 107 Å². The zero-order valence-electron chi connectivity index (χ0n) is 15.8. The highest BCUT2D eigenvalue weighted by Crippen LogP contribution is 2.22. The molecular weight excluding hydrogens is 378 g/mol. The van der Waals surface area contributed by atoms with Crippen molar-refractivity contribution in [3.8, 4) is 5.69 Å². The first kappa shape index (κ1) is 19.6. The van der Waals surface area contributed by atoms with Gasteiger partial charge in [-0.2, -0.15) is 5.10 Å². The summed E-state index contributed by atoms with van der Waals surface area (Å²) in [6, 6.07) is 9.23. The van der Waals surface area contributed by atoms with E-state index in [1.54, 1.807) is 33.9 Å². The van der Waals surface area contributed by atoms with Crippen molar-refractivity contribution < 1.29 is 9.59 Å². The van der Waals surface area contributed by atoms with Gasteiger partial charge in [-0.15, -0.1) is 10.2 Å². The number of hydrogen-bond acceptors (Lipinski definition) is 6. The predicted molar refractivity (Wildman–Crippen MR) is 108 cm³/mol. The van der Waals surface area contributed by atoms with Crippen molar-refractivity contribution in [3.05, 3.63) is 42.9 Å². The maximum Gasteiger partial charge on any atom is 0.235 e. The number of carbonyl (C=O) groups excluding carboxylic acids is 2. The van der Waals surface area contributed by atoms with Crippen LogP contribution in [0.2, 0.25) is 0 Å². The van der Waals surface area contributed by atoms with Crippen LogP contribution in [-0.2, 0) is 9.59 Å². The van der Waals surface area contributed by atoms with E-state index in [4.69, 9.17) is 0 Å². The summed E-state index contributed by atoms with van der Waals surface area (Å²) >= 11 is 1.27. The molecule has 0 unspecified atom stereocenters. The van der Waals surface area contributed by atoms with Gasteiger partial charge in [0, 0.05) is 24.7 Å². The van der Waals surface area contributed by atoms with Crippen molar-refractivity contribution in [2.45, 2.75) is 32.0 Å². The maximum absolute atomic E-state index is 12.3. The van der Waals surface area contributed by atoms with E-state index in [1.165, 1.54) is 18.7 Å². The molecule has 0 fully saturated rings. The van der Waals surface area contributed by atoms with Crippen molar-refractivity contribution in [1.82, 2.24) is 24.5 Å².